The van der Waals surface area contributed by atoms with Crippen molar-refractivity contribution in [2.75, 3.05) is 5.32 Å². The number of benzene rings is 1. The number of nitrogens with one attached hydrogen (secondary N) is 1. The first kappa shape index (κ1) is 14.3. The Kier molecular flexibility index (Phi) is 4.20. The molecule has 5 nitrogen and oxygen atoms in total. The Morgan fingerprint density at radius 3 is 2.55 bits per heavy atom. The van der Waals surface area contributed by atoms with E-state index in [0.717, 1.165) is 16.8 Å². The van der Waals surface area contributed by atoms with Crippen LogP contribution in [0.1, 0.15) is 24.1 Å². The lowest BCUT2D eigenvalue weighted by molar-refractivity contribution is -0.384. The first-order valence-corrected chi connectivity index (χ1v) is 6.48. The second-order valence-electron chi connectivity index (χ2n) is 4.55. The maximum Gasteiger partial charge on any atom is 0.269 e. The smallest absolute Gasteiger partial charge is 0.269 e. The van der Waals surface area contributed by atoms with Gasteiger partial charge in [0.25, 0.3) is 5.69 Å². The Bertz CT molecular complexity index is 629. The molecular formula is C14H14ClN3O2. The summed E-state index contributed by atoms with van der Waals surface area (Å²) in [5.41, 5.74) is 2.80. The Morgan fingerprint density at radius 1 is 1.35 bits per heavy atom. The fourth-order valence-corrected chi connectivity index (χ4v) is 1.96. The highest BCUT2D eigenvalue weighted by molar-refractivity contribution is 6.30. The van der Waals surface area contributed by atoms with E-state index in [9.17, 15) is 10.1 Å². The van der Waals surface area contributed by atoms with E-state index < -0.39 is 4.92 Å². The number of nitro groups is 1. The highest BCUT2D eigenvalue weighted by Gasteiger charge is 2.09. The van der Waals surface area contributed by atoms with E-state index in [4.69, 9.17) is 11.6 Å². The SMILES string of the molecule is Cc1cc(NC(C)c2ccc([N+](=O)[O-])cc2)cnc1Cl. The summed E-state index contributed by atoms with van der Waals surface area (Å²) in [5, 5.41) is 14.4. The van der Waals surface area contributed by atoms with Crippen molar-refractivity contribution in [2.45, 2.75) is 19.9 Å². The van der Waals surface area contributed by atoms with Gasteiger partial charge in [-0.15, -0.1) is 0 Å². The first-order chi connectivity index (χ1) is 9.47. The van der Waals surface area contributed by atoms with Crippen LogP contribution >= 0.6 is 11.6 Å². The number of hydrogen-bond donors (Lipinski definition) is 1. The summed E-state index contributed by atoms with van der Waals surface area (Å²) in [7, 11) is 0. The van der Waals surface area contributed by atoms with Crippen LogP contribution in [0.3, 0.4) is 0 Å². The van der Waals surface area contributed by atoms with Crippen LogP contribution in [0.5, 0.6) is 0 Å². The van der Waals surface area contributed by atoms with Gasteiger partial charge in [0.15, 0.2) is 0 Å². The molecule has 0 saturated carbocycles. The highest BCUT2D eigenvalue weighted by atomic mass is 35.5. The number of non-ortho nitro benzene ring substituents is 1. The van der Waals surface area contributed by atoms with Gasteiger partial charge in [0.2, 0.25) is 0 Å². The Hall–Kier alpha value is -2.14. The molecule has 2 aromatic rings. The third-order valence-corrected chi connectivity index (χ3v) is 3.40. The average Bonchev–Trinajstić information content (AvgIpc) is 2.43. The Balaban J connectivity index is 2.12. The summed E-state index contributed by atoms with van der Waals surface area (Å²) in [6, 6.07) is 8.41. The van der Waals surface area contributed by atoms with E-state index in [1.807, 2.05) is 19.9 Å². The van der Waals surface area contributed by atoms with Crippen molar-refractivity contribution in [1.29, 1.82) is 0 Å². The summed E-state index contributed by atoms with van der Waals surface area (Å²) in [5.74, 6) is 0. The van der Waals surface area contributed by atoms with Crippen molar-refractivity contribution in [3.05, 3.63) is 62.9 Å². The molecule has 2 rings (SSSR count). The largest absolute Gasteiger partial charge is 0.377 e. The maximum absolute atomic E-state index is 10.6. The van der Waals surface area contributed by atoms with Crippen LogP contribution < -0.4 is 5.32 Å². The topological polar surface area (TPSA) is 68.1 Å². The number of aromatic nitrogens is 1. The quantitative estimate of drug-likeness (QED) is 0.522. The Labute approximate surface area is 121 Å². The molecule has 20 heavy (non-hydrogen) atoms. The molecule has 0 bridgehead atoms. The third kappa shape index (κ3) is 3.24. The van der Waals surface area contributed by atoms with Gasteiger partial charge >= 0.3 is 0 Å². The van der Waals surface area contributed by atoms with E-state index >= 15 is 0 Å². The minimum atomic E-state index is -0.408. The molecule has 0 aliphatic carbocycles. The van der Waals surface area contributed by atoms with E-state index in [2.05, 4.69) is 10.3 Å². The van der Waals surface area contributed by atoms with Gasteiger partial charge < -0.3 is 5.32 Å². The molecule has 1 heterocycles. The van der Waals surface area contributed by atoms with Gasteiger partial charge in [-0.25, -0.2) is 4.98 Å². The summed E-state index contributed by atoms with van der Waals surface area (Å²) in [6.07, 6.45) is 1.66. The average molecular weight is 292 g/mol. The number of anilines is 1. The van der Waals surface area contributed by atoms with Gasteiger partial charge in [-0.05, 0) is 31.0 Å². The van der Waals surface area contributed by atoms with Gasteiger partial charge in [0.1, 0.15) is 5.15 Å². The van der Waals surface area contributed by atoms with Crippen LogP contribution in [0.15, 0.2) is 36.5 Å². The zero-order valence-electron chi connectivity index (χ0n) is 11.1. The zero-order chi connectivity index (χ0) is 14.7. The molecule has 1 aromatic carbocycles. The maximum atomic E-state index is 10.6. The highest BCUT2D eigenvalue weighted by Crippen LogP contribution is 2.23. The standard InChI is InChI=1S/C14H14ClN3O2/c1-9-7-12(8-16-14(9)15)17-10(2)11-3-5-13(6-4-11)18(19)20/h3-8,10,17H,1-2H3. The molecule has 0 amide bonds. The molecule has 0 fully saturated rings. The summed E-state index contributed by atoms with van der Waals surface area (Å²) in [6.45, 7) is 3.86. The fourth-order valence-electron chi connectivity index (χ4n) is 1.86. The van der Waals surface area contributed by atoms with Crippen LogP contribution in [0.2, 0.25) is 5.15 Å². The molecule has 0 spiro atoms. The van der Waals surface area contributed by atoms with Crippen molar-refractivity contribution in [1.82, 2.24) is 4.98 Å². The second-order valence-corrected chi connectivity index (χ2v) is 4.90. The number of nitrogens with zero attached hydrogens (tertiary/aromatic N) is 2. The van der Waals surface area contributed by atoms with E-state index in [1.165, 1.54) is 12.1 Å². The predicted octanol–water partition coefficient (Wildman–Crippen LogP) is 4.12. The number of aryl methyl sites for hydroxylation is 1. The second kappa shape index (κ2) is 5.88. The van der Waals surface area contributed by atoms with E-state index in [1.54, 1.807) is 18.3 Å². The molecule has 0 saturated heterocycles. The first-order valence-electron chi connectivity index (χ1n) is 6.10. The molecule has 0 aliphatic heterocycles. The van der Waals surface area contributed by atoms with Gasteiger partial charge in [0, 0.05) is 18.2 Å². The molecular weight excluding hydrogens is 278 g/mol. The summed E-state index contributed by atoms with van der Waals surface area (Å²) < 4.78 is 0. The fraction of sp³-hybridized carbons (Fsp3) is 0.214. The van der Waals surface area contributed by atoms with E-state index in [0.29, 0.717) is 5.15 Å². The number of pyridine rings is 1. The minimum Gasteiger partial charge on any atom is -0.377 e. The van der Waals surface area contributed by atoms with Crippen LogP contribution in [0.25, 0.3) is 0 Å². The minimum absolute atomic E-state index is 0.0122. The van der Waals surface area contributed by atoms with Crippen LogP contribution in [0, 0.1) is 17.0 Å². The molecule has 1 unspecified atom stereocenters. The van der Waals surface area contributed by atoms with Crippen molar-refractivity contribution < 1.29 is 4.92 Å². The molecule has 1 N–H and O–H groups in total. The summed E-state index contributed by atoms with van der Waals surface area (Å²) in [4.78, 5) is 14.3. The predicted molar refractivity (Wildman–Crippen MR) is 79.1 cm³/mol. The molecule has 0 radical (unpaired) electrons. The van der Waals surface area contributed by atoms with Crippen LogP contribution in [0.4, 0.5) is 11.4 Å². The molecule has 1 atom stereocenters. The van der Waals surface area contributed by atoms with Crippen molar-refractivity contribution in [3.8, 4) is 0 Å². The van der Waals surface area contributed by atoms with Crippen molar-refractivity contribution in [2.24, 2.45) is 0 Å². The Morgan fingerprint density at radius 2 is 2.00 bits per heavy atom. The number of nitro benzene ring substituents is 1. The number of halogens is 1. The van der Waals surface area contributed by atoms with Crippen molar-refractivity contribution >= 4 is 23.0 Å². The monoisotopic (exact) mass is 291 g/mol. The lowest BCUT2D eigenvalue weighted by Crippen LogP contribution is -2.07. The number of hydrogen-bond acceptors (Lipinski definition) is 4. The van der Waals surface area contributed by atoms with E-state index in [-0.39, 0.29) is 11.7 Å². The zero-order valence-corrected chi connectivity index (χ0v) is 11.9. The normalized spacial score (nSPS) is 11.9. The number of rotatable bonds is 4. The molecule has 104 valence electrons. The lowest BCUT2D eigenvalue weighted by atomic mass is 10.1. The summed E-state index contributed by atoms with van der Waals surface area (Å²) >= 11 is 5.88. The molecule has 6 heteroatoms. The van der Waals surface area contributed by atoms with Gasteiger partial charge in [-0.2, -0.15) is 0 Å². The van der Waals surface area contributed by atoms with Gasteiger partial charge in [0.05, 0.1) is 16.8 Å². The van der Waals surface area contributed by atoms with Crippen LogP contribution in [-0.4, -0.2) is 9.91 Å². The third-order valence-electron chi connectivity index (χ3n) is 3.00. The van der Waals surface area contributed by atoms with Gasteiger partial charge in [-0.1, -0.05) is 23.7 Å². The lowest BCUT2D eigenvalue weighted by Gasteiger charge is -2.15. The molecule has 0 aliphatic rings. The van der Waals surface area contributed by atoms with Crippen molar-refractivity contribution in [3.63, 3.8) is 0 Å². The van der Waals surface area contributed by atoms with Gasteiger partial charge in [-0.3, -0.25) is 10.1 Å². The van der Waals surface area contributed by atoms with Crippen LogP contribution in [-0.2, 0) is 0 Å². The molecule has 1 aromatic heterocycles.